The van der Waals surface area contributed by atoms with E-state index in [0.29, 0.717) is 10.0 Å². The van der Waals surface area contributed by atoms with E-state index in [1.807, 2.05) is 0 Å². The first-order valence-corrected chi connectivity index (χ1v) is 13.9. The normalized spacial score (nSPS) is 16.8. The van der Waals surface area contributed by atoms with Crippen molar-refractivity contribution in [1.82, 2.24) is 9.29 Å². The van der Waals surface area contributed by atoms with Crippen LogP contribution < -0.4 is 10.0 Å². The summed E-state index contributed by atoms with van der Waals surface area (Å²) in [4.78, 5) is 30.9. The van der Waals surface area contributed by atoms with Crippen LogP contribution in [0.1, 0.15) is 12.0 Å². The van der Waals surface area contributed by atoms with Crippen molar-refractivity contribution in [2.24, 2.45) is 5.14 Å². The molecule has 0 aliphatic carbocycles. The van der Waals surface area contributed by atoms with Gasteiger partial charge < -0.3 is 0 Å². The smallest absolute Gasteiger partial charge is 0.252 e. The summed E-state index contributed by atoms with van der Waals surface area (Å²) in [6.45, 7) is -0.186. The van der Waals surface area contributed by atoms with Crippen molar-refractivity contribution in [3.05, 3.63) is 83.1 Å². The zero-order valence-electron chi connectivity index (χ0n) is 18.0. The van der Waals surface area contributed by atoms with Gasteiger partial charge in [0, 0.05) is 23.4 Å². The van der Waals surface area contributed by atoms with Gasteiger partial charge >= 0.3 is 0 Å². The number of nitrogens with two attached hydrogens (primary N) is 1. The highest BCUT2D eigenvalue weighted by molar-refractivity contribution is 9.10. The molecule has 1 fully saturated rings. The molecule has 182 valence electrons. The topological polar surface area (TPSA) is 148 Å². The van der Waals surface area contributed by atoms with E-state index in [-0.39, 0.29) is 28.4 Å². The Hall–Kier alpha value is -2.97. The third-order valence-corrected chi connectivity index (χ3v) is 8.70. The Balaban J connectivity index is 1.73. The Labute approximate surface area is 210 Å². The van der Waals surface area contributed by atoms with Crippen LogP contribution in [-0.2, 0) is 36.2 Å². The number of imide groups is 1. The summed E-state index contributed by atoms with van der Waals surface area (Å²) >= 11 is 3.27. The number of benzene rings is 2. The Morgan fingerprint density at radius 3 is 2.17 bits per heavy atom. The van der Waals surface area contributed by atoms with Gasteiger partial charge in [-0.05, 0) is 60.2 Å². The number of primary sulfonamides is 1. The molecule has 13 heteroatoms. The van der Waals surface area contributed by atoms with E-state index < -0.39 is 37.9 Å². The zero-order valence-corrected chi connectivity index (χ0v) is 21.2. The number of pyridine rings is 1. The molecular formula is C22H19BrN4O6S2. The van der Waals surface area contributed by atoms with E-state index in [9.17, 15) is 26.4 Å². The van der Waals surface area contributed by atoms with Crippen LogP contribution in [0.2, 0.25) is 0 Å². The molecule has 2 amide bonds. The lowest BCUT2D eigenvalue weighted by Crippen LogP contribution is -2.45. The highest BCUT2D eigenvalue weighted by Crippen LogP contribution is 2.31. The summed E-state index contributed by atoms with van der Waals surface area (Å²) in [7, 11) is -8.17. The zero-order chi connectivity index (χ0) is 25.4. The average Bonchev–Trinajstić information content (AvgIpc) is 3.11. The van der Waals surface area contributed by atoms with E-state index >= 15 is 0 Å². The molecule has 1 aliphatic rings. The van der Waals surface area contributed by atoms with Crippen LogP contribution in [0.3, 0.4) is 0 Å². The Morgan fingerprint density at radius 2 is 1.60 bits per heavy atom. The van der Waals surface area contributed by atoms with Gasteiger partial charge in [0.25, 0.3) is 5.91 Å². The minimum atomic E-state index is -4.20. The third kappa shape index (κ3) is 5.18. The first kappa shape index (κ1) is 25.1. The van der Waals surface area contributed by atoms with Gasteiger partial charge in [0.15, 0.2) is 0 Å². The van der Waals surface area contributed by atoms with E-state index in [1.165, 1.54) is 48.8 Å². The molecular weight excluding hydrogens is 560 g/mol. The summed E-state index contributed by atoms with van der Waals surface area (Å²) < 4.78 is 51.9. The summed E-state index contributed by atoms with van der Waals surface area (Å²) in [5.41, 5.74) is 0.640. The lowest BCUT2D eigenvalue weighted by molar-refractivity contribution is -0.122. The molecule has 0 saturated carbocycles. The number of amides is 2. The van der Waals surface area contributed by atoms with Crippen molar-refractivity contribution >= 4 is 53.5 Å². The van der Waals surface area contributed by atoms with Gasteiger partial charge in [0.05, 0.1) is 21.9 Å². The Kier molecular flexibility index (Phi) is 6.88. The minimum Gasteiger partial charge on any atom is -0.274 e. The number of anilines is 1. The van der Waals surface area contributed by atoms with Crippen LogP contribution in [-0.4, -0.2) is 44.0 Å². The SMILES string of the molecule is NS(=O)(=O)c1ccc(N2C(=O)CC(N(Cc3cccnc3)S(=O)(=O)c3ccc(Br)cc3)C2=O)cc1. The number of carbonyl (C=O) groups is 2. The van der Waals surface area contributed by atoms with E-state index in [0.717, 1.165) is 9.21 Å². The summed E-state index contributed by atoms with van der Waals surface area (Å²) in [6, 6.07) is 12.8. The maximum Gasteiger partial charge on any atom is 0.252 e. The Morgan fingerprint density at radius 1 is 0.971 bits per heavy atom. The maximum atomic E-state index is 13.6. The standard InChI is InChI=1S/C22H19BrN4O6S2/c23-16-3-7-19(8-4-16)35(32,33)26(14-15-2-1-11-25-13-15)20-12-21(28)27(22(20)29)17-5-9-18(10-6-17)34(24,30)31/h1-11,13,20H,12,14H2,(H2,24,30,31). The molecule has 1 aromatic heterocycles. The second-order valence-corrected chi connectivity index (χ2v) is 12.1. The number of hydrogen-bond acceptors (Lipinski definition) is 7. The minimum absolute atomic E-state index is 0.0409. The molecule has 1 saturated heterocycles. The number of aromatic nitrogens is 1. The summed E-state index contributed by atoms with van der Waals surface area (Å²) in [5.74, 6) is -1.37. The molecule has 1 atom stereocenters. The molecule has 0 bridgehead atoms. The van der Waals surface area contributed by atoms with E-state index in [2.05, 4.69) is 20.9 Å². The third-order valence-electron chi connectivity index (χ3n) is 5.38. The maximum absolute atomic E-state index is 13.6. The fourth-order valence-corrected chi connectivity index (χ4v) is 6.02. The Bertz CT molecular complexity index is 1480. The highest BCUT2D eigenvalue weighted by atomic mass is 79.9. The van der Waals surface area contributed by atoms with Crippen molar-refractivity contribution in [3.63, 3.8) is 0 Å². The van der Waals surface area contributed by atoms with Crippen molar-refractivity contribution in [2.45, 2.75) is 28.8 Å². The lowest BCUT2D eigenvalue weighted by Gasteiger charge is -2.27. The number of sulfonamides is 2. The molecule has 3 aromatic rings. The van der Waals surface area contributed by atoms with Crippen molar-refractivity contribution < 1.29 is 26.4 Å². The number of nitrogens with zero attached hydrogens (tertiary/aromatic N) is 3. The fraction of sp³-hybridized carbons (Fsp3) is 0.136. The molecule has 2 heterocycles. The molecule has 1 unspecified atom stereocenters. The first-order chi connectivity index (χ1) is 16.5. The number of carbonyl (C=O) groups excluding carboxylic acids is 2. The molecule has 10 nitrogen and oxygen atoms in total. The quantitative estimate of drug-likeness (QED) is 0.421. The summed E-state index contributed by atoms with van der Waals surface area (Å²) in [5, 5.41) is 5.11. The number of rotatable bonds is 7. The van der Waals surface area contributed by atoms with Crippen LogP contribution in [0.5, 0.6) is 0 Å². The van der Waals surface area contributed by atoms with Gasteiger partial charge in [0.2, 0.25) is 26.0 Å². The second-order valence-electron chi connectivity index (χ2n) is 7.69. The van der Waals surface area contributed by atoms with Crippen LogP contribution in [0, 0.1) is 0 Å². The molecule has 2 N–H and O–H groups in total. The van der Waals surface area contributed by atoms with Crippen molar-refractivity contribution in [1.29, 1.82) is 0 Å². The number of halogens is 1. The van der Waals surface area contributed by atoms with Gasteiger partial charge in [-0.3, -0.25) is 14.6 Å². The predicted octanol–water partition coefficient (Wildman–Crippen LogP) is 2.01. The first-order valence-electron chi connectivity index (χ1n) is 10.1. The van der Waals surface area contributed by atoms with E-state index in [4.69, 9.17) is 5.14 Å². The molecule has 4 rings (SSSR count). The predicted molar refractivity (Wildman–Crippen MR) is 130 cm³/mol. The van der Waals surface area contributed by atoms with Gasteiger partial charge in [0.1, 0.15) is 6.04 Å². The lowest BCUT2D eigenvalue weighted by atomic mass is 10.2. The van der Waals surface area contributed by atoms with Crippen LogP contribution in [0.15, 0.2) is 87.3 Å². The molecule has 0 radical (unpaired) electrons. The average molecular weight is 579 g/mol. The second kappa shape index (κ2) is 9.59. The highest BCUT2D eigenvalue weighted by Gasteiger charge is 2.47. The van der Waals surface area contributed by atoms with Crippen molar-refractivity contribution in [3.8, 4) is 0 Å². The van der Waals surface area contributed by atoms with Gasteiger partial charge in [-0.15, -0.1) is 0 Å². The number of hydrogen-bond donors (Lipinski definition) is 1. The monoisotopic (exact) mass is 578 g/mol. The fourth-order valence-electron chi connectivity index (χ4n) is 3.67. The van der Waals surface area contributed by atoms with Gasteiger partial charge in [-0.25, -0.2) is 26.9 Å². The molecule has 35 heavy (non-hydrogen) atoms. The van der Waals surface area contributed by atoms with Crippen LogP contribution in [0.4, 0.5) is 5.69 Å². The molecule has 1 aliphatic heterocycles. The largest absolute Gasteiger partial charge is 0.274 e. The summed E-state index contributed by atoms with van der Waals surface area (Å²) in [6.07, 6.45) is 2.63. The van der Waals surface area contributed by atoms with Gasteiger partial charge in [-0.2, -0.15) is 4.31 Å². The molecule has 2 aromatic carbocycles. The van der Waals surface area contributed by atoms with Crippen LogP contribution >= 0.6 is 15.9 Å². The molecule has 0 spiro atoms. The van der Waals surface area contributed by atoms with Crippen molar-refractivity contribution in [2.75, 3.05) is 4.90 Å². The van der Waals surface area contributed by atoms with Crippen LogP contribution in [0.25, 0.3) is 0 Å². The van der Waals surface area contributed by atoms with E-state index in [1.54, 1.807) is 24.3 Å². The van der Waals surface area contributed by atoms with Gasteiger partial charge in [-0.1, -0.05) is 22.0 Å².